The van der Waals surface area contributed by atoms with Crippen molar-refractivity contribution in [2.24, 2.45) is 0 Å². The summed E-state index contributed by atoms with van der Waals surface area (Å²) < 4.78 is 5.44. The van der Waals surface area contributed by atoms with Gasteiger partial charge in [-0.3, -0.25) is 4.79 Å². The van der Waals surface area contributed by atoms with Crippen LogP contribution in [0.2, 0.25) is 0 Å². The highest BCUT2D eigenvalue weighted by Gasteiger charge is 2.15. The van der Waals surface area contributed by atoms with Crippen LogP contribution < -0.4 is 10.6 Å². The summed E-state index contributed by atoms with van der Waals surface area (Å²) in [5, 5.41) is 6.03. The molecule has 1 rings (SSSR count). The smallest absolute Gasteiger partial charge is 0.234 e. The minimum absolute atomic E-state index is 0.0716. The fraction of sp³-hybridized carbons (Fsp3) is 0.909. The maximum absolute atomic E-state index is 11.4. The first-order chi connectivity index (χ1) is 7.22. The molecular weight excluding hydrogens is 192 g/mol. The molecule has 0 bridgehead atoms. The number of nitrogens with one attached hydrogen (secondary N) is 2. The van der Waals surface area contributed by atoms with Gasteiger partial charge in [0, 0.05) is 19.2 Å². The first kappa shape index (κ1) is 12.5. The van der Waals surface area contributed by atoms with E-state index < -0.39 is 0 Å². The van der Waals surface area contributed by atoms with Gasteiger partial charge < -0.3 is 15.4 Å². The topological polar surface area (TPSA) is 50.4 Å². The molecular formula is C11H22N2O2. The molecule has 1 heterocycles. The first-order valence-electron chi connectivity index (χ1n) is 5.84. The van der Waals surface area contributed by atoms with Crippen LogP contribution in [-0.2, 0) is 9.53 Å². The average Bonchev–Trinajstić information content (AvgIpc) is 2.70. The van der Waals surface area contributed by atoms with Gasteiger partial charge in [0.15, 0.2) is 0 Å². The van der Waals surface area contributed by atoms with Crippen molar-refractivity contribution in [3.05, 3.63) is 0 Å². The molecule has 1 aliphatic rings. The molecule has 4 nitrogen and oxygen atoms in total. The zero-order chi connectivity index (χ0) is 11.1. The molecule has 4 heteroatoms. The van der Waals surface area contributed by atoms with E-state index in [4.69, 9.17) is 4.74 Å². The van der Waals surface area contributed by atoms with Crippen LogP contribution in [-0.4, -0.2) is 37.7 Å². The van der Waals surface area contributed by atoms with Crippen LogP contribution in [0.1, 0.15) is 33.1 Å². The maximum atomic E-state index is 11.4. The average molecular weight is 214 g/mol. The van der Waals surface area contributed by atoms with Gasteiger partial charge in [-0.1, -0.05) is 6.92 Å². The molecule has 88 valence electrons. The highest BCUT2D eigenvalue weighted by Crippen LogP contribution is 2.10. The van der Waals surface area contributed by atoms with E-state index in [1.54, 1.807) is 0 Å². The number of amides is 1. The third-order valence-electron chi connectivity index (χ3n) is 2.70. The van der Waals surface area contributed by atoms with E-state index >= 15 is 0 Å². The molecule has 0 saturated carbocycles. The molecule has 15 heavy (non-hydrogen) atoms. The van der Waals surface area contributed by atoms with Crippen LogP contribution in [0.3, 0.4) is 0 Å². The van der Waals surface area contributed by atoms with Crippen molar-refractivity contribution in [3.63, 3.8) is 0 Å². The lowest BCUT2D eigenvalue weighted by molar-refractivity contribution is -0.120. The lowest BCUT2D eigenvalue weighted by atomic mass is 10.2. The Bertz CT molecular complexity index is 191. The Morgan fingerprint density at radius 1 is 1.60 bits per heavy atom. The maximum Gasteiger partial charge on any atom is 0.234 e. The molecule has 0 aliphatic carbocycles. The molecule has 2 N–H and O–H groups in total. The van der Waals surface area contributed by atoms with Gasteiger partial charge in [-0.05, 0) is 26.2 Å². The van der Waals surface area contributed by atoms with Gasteiger partial charge in [0.2, 0.25) is 5.91 Å². The second-order valence-electron chi connectivity index (χ2n) is 4.14. The Balaban J connectivity index is 2.01. The summed E-state index contributed by atoms with van der Waals surface area (Å²) in [7, 11) is 0. The van der Waals surface area contributed by atoms with Crippen LogP contribution in [0.25, 0.3) is 0 Å². The molecule has 0 aromatic rings. The van der Waals surface area contributed by atoms with Crippen molar-refractivity contribution in [3.8, 4) is 0 Å². The Kier molecular flexibility index (Phi) is 5.65. The first-order valence-corrected chi connectivity index (χ1v) is 5.84. The van der Waals surface area contributed by atoms with Crippen molar-refractivity contribution in [2.75, 3.05) is 19.7 Å². The summed E-state index contributed by atoms with van der Waals surface area (Å²) in [6.07, 6.45) is 3.53. The van der Waals surface area contributed by atoms with Gasteiger partial charge in [-0.15, -0.1) is 0 Å². The zero-order valence-corrected chi connectivity index (χ0v) is 9.71. The molecule has 1 fully saturated rings. The molecule has 2 atom stereocenters. The summed E-state index contributed by atoms with van der Waals surface area (Å²) in [5.74, 6) is 0.0716. The third kappa shape index (κ3) is 5.14. The van der Waals surface area contributed by atoms with Crippen LogP contribution >= 0.6 is 0 Å². The quantitative estimate of drug-likeness (QED) is 0.683. The summed E-state index contributed by atoms with van der Waals surface area (Å²) in [6, 6.07) is 0.266. The monoisotopic (exact) mass is 214 g/mol. The lowest BCUT2D eigenvalue weighted by Gasteiger charge is -2.13. The fourth-order valence-electron chi connectivity index (χ4n) is 1.58. The predicted octanol–water partition coefficient (Wildman–Crippen LogP) is 0.670. The van der Waals surface area contributed by atoms with Gasteiger partial charge in [0.25, 0.3) is 0 Å². The molecule has 1 aliphatic heterocycles. The van der Waals surface area contributed by atoms with Crippen molar-refractivity contribution in [1.82, 2.24) is 10.6 Å². The third-order valence-corrected chi connectivity index (χ3v) is 2.70. The fourth-order valence-corrected chi connectivity index (χ4v) is 1.58. The number of carbonyl (C=O) groups excluding carboxylic acids is 1. The van der Waals surface area contributed by atoms with Crippen molar-refractivity contribution < 1.29 is 9.53 Å². The summed E-state index contributed by atoms with van der Waals surface area (Å²) in [5.41, 5.74) is 0. The SMILES string of the molecule is CC[C@H](C)NC(=O)CNC[C@H]1CCCO1. The Morgan fingerprint density at radius 3 is 3.00 bits per heavy atom. The van der Waals surface area contributed by atoms with Crippen LogP contribution in [0, 0.1) is 0 Å². The molecule has 0 spiro atoms. The summed E-state index contributed by atoms with van der Waals surface area (Å²) in [4.78, 5) is 11.4. The van der Waals surface area contributed by atoms with Gasteiger partial charge in [0.1, 0.15) is 0 Å². The predicted molar refractivity (Wildman–Crippen MR) is 59.7 cm³/mol. The van der Waals surface area contributed by atoms with E-state index in [-0.39, 0.29) is 11.9 Å². The Morgan fingerprint density at radius 2 is 2.40 bits per heavy atom. The van der Waals surface area contributed by atoms with Crippen molar-refractivity contribution in [2.45, 2.75) is 45.3 Å². The lowest BCUT2D eigenvalue weighted by Crippen LogP contribution is -2.40. The van der Waals surface area contributed by atoms with Gasteiger partial charge >= 0.3 is 0 Å². The van der Waals surface area contributed by atoms with E-state index in [2.05, 4.69) is 17.6 Å². The summed E-state index contributed by atoms with van der Waals surface area (Å²) >= 11 is 0. The molecule has 0 radical (unpaired) electrons. The zero-order valence-electron chi connectivity index (χ0n) is 9.71. The second kappa shape index (κ2) is 6.80. The number of hydrogen-bond acceptors (Lipinski definition) is 3. The van der Waals surface area contributed by atoms with E-state index in [9.17, 15) is 4.79 Å². The highest BCUT2D eigenvalue weighted by molar-refractivity contribution is 5.78. The van der Waals surface area contributed by atoms with E-state index in [1.807, 2.05) is 6.92 Å². The molecule has 1 saturated heterocycles. The second-order valence-corrected chi connectivity index (χ2v) is 4.14. The van der Waals surface area contributed by atoms with Crippen LogP contribution in [0.5, 0.6) is 0 Å². The Hall–Kier alpha value is -0.610. The van der Waals surface area contributed by atoms with Crippen LogP contribution in [0.15, 0.2) is 0 Å². The van der Waals surface area contributed by atoms with Crippen molar-refractivity contribution >= 4 is 5.91 Å². The summed E-state index contributed by atoms with van der Waals surface area (Å²) in [6.45, 7) is 6.12. The normalized spacial score (nSPS) is 22.7. The standard InChI is InChI=1S/C11H22N2O2/c1-3-9(2)13-11(14)8-12-7-10-5-4-6-15-10/h9-10,12H,3-8H2,1-2H3,(H,13,14)/t9-,10+/m0/s1. The van der Waals surface area contributed by atoms with Crippen molar-refractivity contribution in [1.29, 1.82) is 0 Å². The largest absolute Gasteiger partial charge is 0.377 e. The molecule has 1 amide bonds. The minimum Gasteiger partial charge on any atom is -0.377 e. The number of rotatable bonds is 6. The van der Waals surface area contributed by atoms with Gasteiger partial charge in [-0.25, -0.2) is 0 Å². The van der Waals surface area contributed by atoms with E-state index in [0.29, 0.717) is 12.6 Å². The molecule has 0 aromatic heterocycles. The number of ether oxygens (including phenoxy) is 1. The van der Waals surface area contributed by atoms with E-state index in [0.717, 1.165) is 32.4 Å². The number of carbonyl (C=O) groups is 1. The molecule has 0 aromatic carbocycles. The Labute approximate surface area is 91.8 Å². The van der Waals surface area contributed by atoms with E-state index in [1.165, 1.54) is 0 Å². The van der Waals surface area contributed by atoms with Crippen LogP contribution in [0.4, 0.5) is 0 Å². The van der Waals surface area contributed by atoms with Gasteiger partial charge in [-0.2, -0.15) is 0 Å². The number of hydrogen-bond donors (Lipinski definition) is 2. The minimum atomic E-state index is 0.0716. The van der Waals surface area contributed by atoms with Gasteiger partial charge in [0.05, 0.1) is 12.6 Å². The highest BCUT2D eigenvalue weighted by atomic mass is 16.5. The molecule has 0 unspecified atom stereocenters.